The second-order valence-corrected chi connectivity index (χ2v) is 6.75. The van der Waals surface area contributed by atoms with Gasteiger partial charge in [-0.15, -0.1) is 11.3 Å². The molecule has 1 aromatic heterocycles. The van der Waals surface area contributed by atoms with E-state index in [-0.39, 0.29) is 0 Å². The van der Waals surface area contributed by atoms with E-state index in [4.69, 9.17) is 14.5 Å². The van der Waals surface area contributed by atoms with Crippen LogP contribution in [0.1, 0.15) is 11.3 Å². The molecule has 3 aromatic rings. The van der Waals surface area contributed by atoms with Crippen LogP contribution in [0.15, 0.2) is 53.9 Å². The summed E-state index contributed by atoms with van der Waals surface area (Å²) in [7, 11) is 5.47. The van der Waals surface area contributed by atoms with Crippen LogP contribution < -0.4 is 9.47 Å². The molecule has 0 aliphatic rings. The highest BCUT2D eigenvalue weighted by Gasteiger charge is 2.08. The Morgan fingerprint density at radius 3 is 2.08 bits per heavy atom. The molecule has 0 fully saturated rings. The summed E-state index contributed by atoms with van der Waals surface area (Å²) in [6.07, 6.45) is 0. The number of benzene rings is 2. The van der Waals surface area contributed by atoms with Crippen molar-refractivity contribution in [3.05, 3.63) is 65.2 Å². The van der Waals surface area contributed by atoms with Gasteiger partial charge in [-0.1, -0.05) is 12.1 Å². The first kappa shape index (κ1) is 17.5. The van der Waals surface area contributed by atoms with Gasteiger partial charge < -0.3 is 9.47 Å². The molecule has 0 atom stereocenters. The Kier molecular flexibility index (Phi) is 5.68. The standard InChI is InChI=1S/C20H22N2O2S/c1-22(12-15-4-8-18(23-2)9-5-15)13-17-14-25-20(21-17)16-6-10-19(24-3)11-7-16/h4-11,14H,12-13H2,1-3H3. The van der Waals surface area contributed by atoms with Crippen LogP contribution in [0.5, 0.6) is 11.5 Å². The van der Waals surface area contributed by atoms with E-state index in [0.29, 0.717) is 0 Å². The lowest BCUT2D eigenvalue weighted by molar-refractivity contribution is 0.315. The predicted octanol–water partition coefficient (Wildman–Crippen LogP) is 4.46. The third kappa shape index (κ3) is 4.59. The number of nitrogens with zero attached hydrogens (tertiary/aromatic N) is 2. The van der Waals surface area contributed by atoms with Crippen molar-refractivity contribution in [1.82, 2.24) is 9.88 Å². The van der Waals surface area contributed by atoms with Crippen molar-refractivity contribution < 1.29 is 9.47 Å². The van der Waals surface area contributed by atoms with E-state index >= 15 is 0 Å². The molecule has 2 aromatic carbocycles. The monoisotopic (exact) mass is 354 g/mol. The first-order valence-corrected chi connectivity index (χ1v) is 8.96. The van der Waals surface area contributed by atoms with Crippen molar-refractivity contribution in [2.24, 2.45) is 0 Å². The molecule has 0 radical (unpaired) electrons. The Bertz CT molecular complexity index is 797. The second kappa shape index (κ2) is 8.14. The maximum absolute atomic E-state index is 5.20. The van der Waals surface area contributed by atoms with Gasteiger partial charge in [0, 0.05) is 24.0 Å². The van der Waals surface area contributed by atoms with E-state index in [1.807, 2.05) is 36.4 Å². The topological polar surface area (TPSA) is 34.6 Å². The maximum Gasteiger partial charge on any atom is 0.123 e. The Morgan fingerprint density at radius 2 is 1.48 bits per heavy atom. The average molecular weight is 354 g/mol. The number of methoxy groups -OCH3 is 2. The molecule has 5 heteroatoms. The quantitative estimate of drug-likeness (QED) is 0.627. The van der Waals surface area contributed by atoms with Crippen LogP contribution in [0.2, 0.25) is 0 Å². The summed E-state index contributed by atoms with van der Waals surface area (Å²) < 4.78 is 10.4. The summed E-state index contributed by atoms with van der Waals surface area (Å²) in [4.78, 5) is 7.02. The van der Waals surface area contributed by atoms with Crippen LogP contribution in [0.4, 0.5) is 0 Å². The number of hydrogen-bond donors (Lipinski definition) is 0. The van der Waals surface area contributed by atoms with E-state index in [0.717, 1.165) is 40.9 Å². The van der Waals surface area contributed by atoms with E-state index in [2.05, 4.69) is 29.5 Å². The molecule has 0 unspecified atom stereocenters. The summed E-state index contributed by atoms with van der Waals surface area (Å²) in [6, 6.07) is 16.2. The number of hydrogen-bond acceptors (Lipinski definition) is 5. The fraction of sp³-hybridized carbons (Fsp3) is 0.250. The van der Waals surface area contributed by atoms with Crippen molar-refractivity contribution >= 4 is 11.3 Å². The van der Waals surface area contributed by atoms with Crippen molar-refractivity contribution in [2.45, 2.75) is 13.1 Å². The molecule has 4 nitrogen and oxygen atoms in total. The van der Waals surface area contributed by atoms with Gasteiger partial charge in [0.25, 0.3) is 0 Å². The molecule has 0 aliphatic heterocycles. The Balaban J connectivity index is 1.61. The minimum atomic E-state index is 0.818. The van der Waals surface area contributed by atoms with Crippen molar-refractivity contribution in [1.29, 1.82) is 0 Å². The lowest BCUT2D eigenvalue weighted by atomic mass is 10.2. The molecule has 3 rings (SSSR count). The minimum absolute atomic E-state index is 0.818. The Morgan fingerprint density at radius 1 is 0.880 bits per heavy atom. The maximum atomic E-state index is 5.20. The zero-order valence-corrected chi connectivity index (χ0v) is 15.5. The highest BCUT2D eigenvalue weighted by molar-refractivity contribution is 7.13. The second-order valence-electron chi connectivity index (χ2n) is 5.89. The van der Waals surface area contributed by atoms with Gasteiger partial charge in [-0.3, -0.25) is 4.90 Å². The minimum Gasteiger partial charge on any atom is -0.497 e. The van der Waals surface area contributed by atoms with Crippen LogP contribution in [0, 0.1) is 0 Å². The largest absolute Gasteiger partial charge is 0.497 e. The SMILES string of the molecule is COc1ccc(CN(C)Cc2csc(-c3ccc(OC)cc3)n2)cc1. The summed E-state index contributed by atoms with van der Waals surface area (Å²) >= 11 is 1.67. The average Bonchev–Trinajstić information content (AvgIpc) is 3.10. The van der Waals surface area contributed by atoms with E-state index in [9.17, 15) is 0 Å². The van der Waals surface area contributed by atoms with Gasteiger partial charge in [-0.25, -0.2) is 4.98 Å². The Hall–Kier alpha value is -2.37. The molecule has 0 bridgehead atoms. The van der Waals surface area contributed by atoms with Crippen LogP contribution in [0.3, 0.4) is 0 Å². The molecular weight excluding hydrogens is 332 g/mol. The summed E-state index contributed by atoms with van der Waals surface area (Å²) in [5.74, 6) is 1.75. The van der Waals surface area contributed by atoms with Gasteiger partial charge in [0.15, 0.2) is 0 Å². The van der Waals surface area contributed by atoms with Crippen molar-refractivity contribution in [3.63, 3.8) is 0 Å². The fourth-order valence-corrected chi connectivity index (χ4v) is 3.44. The van der Waals surface area contributed by atoms with Gasteiger partial charge in [0.2, 0.25) is 0 Å². The molecule has 0 aliphatic carbocycles. The van der Waals surface area contributed by atoms with Gasteiger partial charge in [0.1, 0.15) is 16.5 Å². The van der Waals surface area contributed by atoms with Gasteiger partial charge in [0.05, 0.1) is 19.9 Å². The number of rotatable bonds is 7. The summed E-state index contributed by atoms with van der Waals surface area (Å²) in [5, 5.41) is 3.17. The van der Waals surface area contributed by atoms with Crippen molar-refractivity contribution in [3.8, 4) is 22.1 Å². The van der Waals surface area contributed by atoms with Crippen LogP contribution in [-0.4, -0.2) is 31.2 Å². The van der Waals surface area contributed by atoms with E-state index < -0.39 is 0 Å². The molecule has 0 amide bonds. The van der Waals surface area contributed by atoms with Crippen LogP contribution in [0.25, 0.3) is 10.6 Å². The molecule has 1 heterocycles. The van der Waals surface area contributed by atoms with E-state index in [1.54, 1.807) is 25.6 Å². The van der Waals surface area contributed by atoms with Crippen molar-refractivity contribution in [2.75, 3.05) is 21.3 Å². The fourth-order valence-electron chi connectivity index (χ4n) is 2.62. The summed E-state index contributed by atoms with van der Waals surface area (Å²) in [6.45, 7) is 1.69. The third-order valence-corrected chi connectivity index (χ3v) is 4.87. The van der Waals surface area contributed by atoms with Gasteiger partial charge in [-0.05, 0) is 49.0 Å². The lowest BCUT2D eigenvalue weighted by Gasteiger charge is -2.15. The summed E-state index contributed by atoms with van der Waals surface area (Å²) in [5.41, 5.74) is 3.47. The predicted molar refractivity (Wildman–Crippen MR) is 102 cm³/mol. The van der Waals surface area contributed by atoms with Crippen LogP contribution in [-0.2, 0) is 13.1 Å². The zero-order valence-electron chi connectivity index (χ0n) is 14.7. The molecule has 25 heavy (non-hydrogen) atoms. The zero-order chi connectivity index (χ0) is 17.6. The first-order chi connectivity index (χ1) is 12.2. The number of aromatic nitrogens is 1. The lowest BCUT2D eigenvalue weighted by Crippen LogP contribution is -2.17. The number of thiazole rings is 1. The normalized spacial score (nSPS) is 10.9. The highest BCUT2D eigenvalue weighted by atomic mass is 32.1. The molecular formula is C20H22N2O2S. The molecule has 0 saturated carbocycles. The molecule has 0 N–H and O–H groups in total. The highest BCUT2D eigenvalue weighted by Crippen LogP contribution is 2.26. The van der Waals surface area contributed by atoms with Gasteiger partial charge >= 0.3 is 0 Å². The molecule has 0 spiro atoms. The molecule has 0 saturated heterocycles. The van der Waals surface area contributed by atoms with Crippen LogP contribution >= 0.6 is 11.3 Å². The number of ether oxygens (including phenoxy) is 2. The Labute approximate surface area is 152 Å². The molecule has 130 valence electrons. The first-order valence-electron chi connectivity index (χ1n) is 8.08. The third-order valence-electron chi connectivity index (χ3n) is 3.93. The van der Waals surface area contributed by atoms with Gasteiger partial charge in [-0.2, -0.15) is 0 Å². The van der Waals surface area contributed by atoms with E-state index in [1.165, 1.54) is 5.56 Å². The smallest absolute Gasteiger partial charge is 0.123 e.